The molecule has 6 heteroatoms. The van der Waals surface area contributed by atoms with Gasteiger partial charge in [-0.15, -0.1) is 0 Å². The molecule has 0 N–H and O–H groups in total. The number of morpholine rings is 1. The van der Waals surface area contributed by atoms with Crippen molar-refractivity contribution in [1.29, 1.82) is 0 Å². The molecule has 0 aromatic carbocycles. The summed E-state index contributed by atoms with van der Waals surface area (Å²) >= 11 is 0. The highest BCUT2D eigenvalue weighted by Gasteiger charge is 2.28. The molecule has 0 aliphatic carbocycles. The zero-order chi connectivity index (χ0) is 17.1. The molecule has 2 fully saturated rings. The third kappa shape index (κ3) is 4.05. The minimum Gasteiger partial charge on any atom is -0.378 e. The third-order valence-electron chi connectivity index (χ3n) is 4.78. The molecule has 3 heterocycles. The molecule has 1 aromatic rings. The first kappa shape index (κ1) is 17.2. The van der Waals surface area contributed by atoms with Crippen LogP contribution in [0.15, 0.2) is 12.1 Å². The molecular weight excluding hydrogens is 304 g/mol. The van der Waals surface area contributed by atoms with Crippen molar-refractivity contribution in [1.82, 2.24) is 14.8 Å². The van der Waals surface area contributed by atoms with Crippen molar-refractivity contribution >= 4 is 11.6 Å². The lowest BCUT2D eigenvalue weighted by molar-refractivity contribution is -0.140. The van der Waals surface area contributed by atoms with Gasteiger partial charge in [0.15, 0.2) is 0 Å². The maximum atomic E-state index is 12.6. The van der Waals surface area contributed by atoms with Crippen molar-refractivity contribution < 1.29 is 9.53 Å². The van der Waals surface area contributed by atoms with Gasteiger partial charge in [-0.05, 0) is 45.0 Å². The van der Waals surface area contributed by atoms with Gasteiger partial charge in [0, 0.05) is 32.0 Å². The number of aryl methyl sites for hydroxylation is 1. The quantitative estimate of drug-likeness (QED) is 0.835. The number of amides is 1. The first-order valence-electron chi connectivity index (χ1n) is 8.80. The van der Waals surface area contributed by atoms with Crippen LogP contribution in [0.1, 0.15) is 30.3 Å². The minimum atomic E-state index is -0.139. The fraction of sp³-hybridized carbons (Fsp3) is 0.667. The predicted molar refractivity (Wildman–Crippen MR) is 94.2 cm³/mol. The SMILES string of the molecule is Cc1cc(N(C)C)cc(C2CN(C(=O)CN3CCCC3)CCO2)n1. The second kappa shape index (κ2) is 7.49. The Morgan fingerprint density at radius 3 is 2.75 bits per heavy atom. The number of hydrogen-bond donors (Lipinski definition) is 0. The second-order valence-electron chi connectivity index (χ2n) is 6.97. The van der Waals surface area contributed by atoms with Crippen LogP contribution >= 0.6 is 0 Å². The fourth-order valence-electron chi connectivity index (χ4n) is 3.39. The lowest BCUT2D eigenvalue weighted by Crippen LogP contribution is -2.46. The molecule has 2 aliphatic rings. The van der Waals surface area contributed by atoms with Gasteiger partial charge in [0.05, 0.1) is 25.4 Å². The fourth-order valence-corrected chi connectivity index (χ4v) is 3.39. The van der Waals surface area contributed by atoms with Gasteiger partial charge in [-0.1, -0.05) is 0 Å². The highest BCUT2D eigenvalue weighted by molar-refractivity contribution is 5.78. The molecule has 0 radical (unpaired) electrons. The Morgan fingerprint density at radius 2 is 2.04 bits per heavy atom. The van der Waals surface area contributed by atoms with Gasteiger partial charge in [0.25, 0.3) is 0 Å². The summed E-state index contributed by atoms with van der Waals surface area (Å²) in [5, 5.41) is 0. The van der Waals surface area contributed by atoms with Gasteiger partial charge in [0.1, 0.15) is 6.10 Å². The molecule has 24 heavy (non-hydrogen) atoms. The molecule has 2 aliphatic heterocycles. The van der Waals surface area contributed by atoms with E-state index in [9.17, 15) is 4.79 Å². The number of aromatic nitrogens is 1. The van der Waals surface area contributed by atoms with Gasteiger partial charge < -0.3 is 14.5 Å². The molecule has 2 saturated heterocycles. The number of carbonyl (C=O) groups excluding carboxylic acids is 1. The van der Waals surface area contributed by atoms with E-state index in [2.05, 4.69) is 26.9 Å². The maximum Gasteiger partial charge on any atom is 0.236 e. The molecule has 1 atom stereocenters. The second-order valence-corrected chi connectivity index (χ2v) is 6.97. The van der Waals surface area contributed by atoms with E-state index in [1.165, 1.54) is 12.8 Å². The average Bonchev–Trinajstić information content (AvgIpc) is 3.07. The van der Waals surface area contributed by atoms with Gasteiger partial charge in [-0.25, -0.2) is 0 Å². The van der Waals surface area contributed by atoms with E-state index in [0.29, 0.717) is 26.2 Å². The highest BCUT2D eigenvalue weighted by atomic mass is 16.5. The van der Waals surface area contributed by atoms with Crippen LogP contribution in [0.2, 0.25) is 0 Å². The molecule has 132 valence electrons. The third-order valence-corrected chi connectivity index (χ3v) is 4.78. The maximum absolute atomic E-state index is 12.6. The number of ether oxygens (including phenoxy) is 1. The highest BCUT2D eigenvalue weighted by Crippen LogP contribution is 2.25. The van der Waals surface area contributed by atoms with Crippen LogP contribution in [0.5, 0.6) is 0 Å². The van der Waals surface area contributed by atoms with Crippen molar-refractivity contribution in [3.8, 4) is 0 Å². The number of anilines is 1. The summed E-state index contributed by atoms with van der Waals surface area (Å²) in [6.45, 7) is 6.47. The monoisotopic (exact) mass is 332 g/mol. The van der Waals surface area contributed by atoms with Crippen LogP contribution in [-0.2, 0) is 9.53 Å². The van der Waals surface area contributed by atoms with Crippen molar-refractivity contribution in [2.24, 2.45) is 0 Å². The van der Waals surface area contributed by atoms with Crippen LogP contribution in [-0.4, -0.2) is 74.1 Å². The van der Waals surface area contributed by atoms with Crippen molar-refractivity contribution in [2.45, 2.75) is 25.9 Å². The van der Waals surface area contributed by atoms with Crippen molar-refractivity contribution in [3.63, 3.8) is 0 Å². The minimum absolute atomic E-state index is 0.139. The lowest BCUT2D eigenvalue weighted by Gasteiger charge is -2.34. The van der Waals surface area contributed by atoms with E-state index < -0.39 is 0 Å². The molecule has 1 aromatic heterocycles. The number of carbonyl (C=O) groups is 1. The Hall–Kier alpha value is -1.66. The van der Waals surface area contributed by atoms with Gasteiger partial charge >= 0.3 is 0 Å². The van der Waals surface area contributed by atoms with Gasteiger partial charge in [-0.2, -0.15) is 0 Å². The van der Waals surface area contributed by atoms with Gasteiger partial charge in [0.2, 0.25) is 5.91 Å². The van der Waals surface area contributed by atoms with E-state index >= 15 is 0 Å². The molecule has 0 spiro atoms. The van der Waals surface area contributed by atoms with Crippen LogP contribution in [0.4, 0.5) is 5.69 Å². The summed E-state index contributed by atoms with van der Waals surface area (Å²) in [5.74, 6) is 0.214. The Bertz CT molecular complexity index is 584. The van der Waals surface area contributed by atoms with Crippen LogP contribution < -0.4 is 4.90 Å². The summed E-state index contributed by atoms with van der Waals surface area (Å²) in [7, 11) is 4.04. The number of rotatable bonds is 4. The van der Waals surface area contributed by atoms with E-state index in [1.54, 1.807) is 0 Å². The molecule has 3 rings (SSSR count). The number of nitrogens with zero attached hydrogens (tertiary/aromatic N) is 4. The van der Waals surface area contributed by atoms with Crippen LogP contribution in [0, 0.1) is 6.92 Å². The zero-order valence-corrected chi connectivity index (χ0v) is 15.0. The molecule has 1 unspecified atom stereocenters. The van der Waals surface area contributed by atoms with Crippen molar-refractivity contribution in [3.05, 3.63) is 23.5 Å². The topological polar surface area (TPSA) is 48.9 Å². The van der Waals surface area contributed by atoms with E-state index in [0.717, 1.165) is 30.2 Å². The van der Waals surface area contributed by atoms with E-state index in [1.807, 2.05) is 25.9 Å². The molecular formula is C18H28N4O2. The van der Waals surface area contributed by atoms with E-state index in [-0.39, 0.29) is 12.0 Å². The smallest absolute Gasteiger partial charge is 0.236 e. The Labute approximate surface area is 144 Å². The summed E-state index contributed by atoms with van der Waals surface area (Å²) in [4.78, 5) is 23.5. The summed E-state index contributed by atoms with van der Waals surface area (Å²) in [6, 6.07) is 4.12. The largest absolute Gasteiger partial charge is 0.378 e. The molecule has 0 bridgehead atoms. The molecule has 0 saturated carbocycles. The molecule has 1 amide bonds. The normalized spacial score (nSPS) is 22.0. The predicted octanol–water partition coefficient (Wildman–Crippen LogP) is 1.45. The first-order chi connectivity index (χ1) is 11.5. The number of hydrogen-bond acceptors (Lipinski definition) is 5. The van der Waals surface area contributed by atoms with Crippen LogP contribution in [0.3, 0.4) is 0 Å². The Kier molecular flexibility index (Phi) is 5.36. The number of likely N-dealkylation sites (tertiary alicyclic amines) is 1. The Balaban J connectivity index is 1.67. The lowest BCUT2D eigenvalue weighted by atomic mass is 10.1. The van der Waals surface area contributed by atoms with Gasteiger partial charge in [-0.3, -0.25) is 14.7 Å². The first-order valence-corrected chi connectivity index (χ1v) is 8.80. The summed E-state index contributed by atoms with van der Waals surface area (Å²) < 4.78 is 5.92. The standard InChI is InChI=1S/C18H28N4O2/c1-14-10-15(20(2)3)11-16(19-14)17-12-22(8-9-24-17)18(23)13-21-6-4-5-7-21/h10-11,17H,4-9,12-13H2,1-3H3. The van der Waals surface area contributed by atoms with Crippen LogP contribution in [0.25, 0.3) is 0 Å². The van der Waals surface area contributed by atoms with E-state index in [4.69, 9.17) is 4.74 Å². The Morgan fingerprint density at radius 1 is 1.29 bits per heavy atom. The summed E-state index contributed by atoms with van der Waals surface area (Å²) in [6.07, 6.45) is 2.28. The zero-order valence-electron chi connectivity index (χ0n) is 15.0. The average molecular weight is 332 g/mol. The summed E-state index contributed by atoms with van der Waals surface area (Å²) in [5.41, 5.74) is 3.00. The number of pyridine rings is 1. The molecule has 6 nitrogen and oxygen atoms in total. The van der Waals surface area contributed by atoms with Crippen molar-refractivity contribution in [2.75, 3.05) is 58.3 Å².